The molecule has 0 aliphatic rings. The van der Waals surface area contributed by atoms with Crippen molar-refractivity contribution < 1.29 is 4.79 Å². The molecule has 4 nitrogen and oxygen atoms in total. The van der Waals surface area contributed by atoms with Crippen molar-refractivity contribution in [2.45, 2.75) is 20.3 Å². The molecule has 3 rings (SSSR count). The molecule has 152 valence electrons. The van der Waals surface area contributed by atoms with Gasteiger partial charge in [0.1, 0.15) is 0 Å². The van der Waals surface area contributed by atoms with Crippen molar-refractivity contribution in [1.82, 2.24) is 9.88 Å². The van der Waals surface area contributed by atoms with Gasteiger partial charge in [0.25, 0.3) is 0 Å². The number of thiophene rings is 1. The number of hydrogen-bond donors (Lipinski definition) is 0. The van der Waals surface area contributed by atoms with Crippen LogP contribution in [-0.2, 0) is 11.2 Å². The number of amides is 1. The van der Waals surface area contributed by atoms with E-state index in [2.05, 4.69) is 23.7 Å². The van der Waals surface area contributed by atoms with E-state index in [9.17, 15) is 4.79 Å². The summed E-state index contributed by atoms with van der Waals surface area (Å²) in [7, 11) is 0. The van der Waals surface area contributed by atoms with Gasteiger partial charge in [0.2, 0.25) is 5.91 Å². The van der Waals surface area contributed by atoms with Crippen LogP contribution in [0, 0.1) is 0 Å². The average Bonchev–Trinajstić information content (AvgIpc) is 3.24. The molecule has 0 radical (unpaired) electrons. The molecule has 0 aliphatic carbocycles. The minimum absolute atomic E-state index is 0. The maximum Gasteiger partial charge on any atom is 0.234 e. The number of halogens is 3. The van der Waals surface area contributed by atoms with Crippen LogP contribution in [0.1, 0.15) is 18.7 Å². The van der Waals surface area contributed by atoms with Gasteiger partial charge < -0.3 is 4.90 Å². The number of nitrogens with zero attached hydrogens (tertiary/aromatic N) is 3. The average molecular weight is 479 g/mol. The molecule has 0 N–H and O–H groups in total. The van der Waals surface area contributed by atoms with E-state index in [1.54, 1.807) is 4.90 Å². The first-order valence-electron chi connectivity index (χ1n) is 8.83. The summed E-state index contributed by atoms with van der Waals surface area (Å²) in [5.74, 6) is 0.0332. The molecular formula is C19H22Cl3N3OS2. The molecule has 0 aliphatic heterocycles. The summed E-state index contributed by atoms with van der Waals surface area (Å²) in [4.78, 5) is 22.8. The highest BCUT2D eigenvalue weighted by atomic mass is 35.5. The third-order valence-corrected chi connectivity index (χ3v) is 6.87. The van der Waals surface area contributed by atoms with Crippen LogP contribution in [0.4, 0.5) is 5.13 Å². The molecular weight excluding hydrogens is 457 g/mol. The first kappa shape index (κ1) is 23.4. The molecule has 1 amide bonds. The van der Waals surface area contributed by atoms with Crippen LogP contribution in [-0.4, -0.2) is 42.0 Å². The van der Waals surface area contributed by atoms with Crippen molar-refractivity contribution in [2.24, 2.45) is 0 Å². The van der Waals surface area contributed by atoms with Crippen molar-refractivity contribution in [3.63, 3.8) is 0 Å². The fourth-order valence-electron chi connectivity index (χ4n) is 2.80. The topological polar surface area (TPSA) is 36.4 Å². The van der Waals surface area contributed by atoms with Crippen LogP contribution in [0.25, 0.3) is 10.2 Å². The molecule has 0 spiro atoms. The van der Waals surface area contributed by atoms with E-state index >= 15 is 0 Å². The van der Waals surface area contributed by atoms with Crippen LogP contribution in [0.15, 0.2) is 30.3 Å². The summed E-state index contributed by atoms with van der Waals surface area (Å²) in [5.41, 5.74) is 0.860. The lowest BCUT2D eigenvalue weighted by Crippen LogP contribution is -2.39. The minimum atomic E-state index is 0. The van der Waals surface area contributed by atoms with E-state index in [0.717, 1.165) is 34.7 Å². The summed E-state index contributed by atoms with van der Waals surface area (Å²) in [6.45, 7) is 7.57. The summed E-state index contributed by atoms with van der Waals surface area (Å²) in [6, 6.07) is 9.34. The number of carbonyl (C=O) groups is 1. The van der Waals surface area contributed by atoms with Gasteiger partial charge in [-0.15, -0.1) is 23.7 Å². The zero-order valence-electron chi connectivity index (χ0n) is 15.7. The Kier molecular flexibility index (Phi) is 8.99. The minimum Gasteiger partial charge on any atom is -0.302 e. The Labute approximate surface area is 189 Å². The van der Waals surface area contributed by atoms with Crippen molar-refractivity contribution >= 4 is 79.5 Å². The van der Waals surface area contributed by atoms with Gasteiger partial charge in [0.15, 0.2) is 5.13 Å². The molecule has 1 aromatic carbocycles. The van der Waals surface area contributed by atoms with Crippen LogP contribution < -0.4 is 4.90 Å². The van der Waals surface area contributed by atoms with Crippen molar-refractivity contribution in [3.05, 3.63) is 44.6 Å². The van der Waals surface area contributed by atoms with Crippen molar-refractivity contribution in [3.8, 4) is 0 Å². The highest BCUT2D eigenvalue weighted by Gasteiger charge is 2.21. The van der Waals surface area contributed by atoms with Gasteiger partial charge in [-0.25, -0.2) is 4.98 Å². The second kappa shape index (κ2) is 10.8. The molecule has 3 aromatic rings. The third-order valence-electron chi connectivity index (χ3n) is 4.36. The molecule has 2 aromatic heterocycles. The van der Waals surface area contributed by atoms with Crippen molar-refractivity contribution in [2.75, 3.05) is 31.1 Å². The standard InChI is InChI=1S/C19H21Cl2N3OS2.ClH/c1-3-23(4-2)9-10-24(18(25)12-14-6-8-17(21)26-14)19-22-15-7-5-13(20)11-16(15)27-19;/h5-8,11H,3-4,9-10,12H2,1-2H3;1H. The first-order chi connectivity index (χ1) is 13.0. The Balaban J connectivity index is 0.00000280. The molecule has 0 fully saturated rings. The number of thiazole rings is 1. The summed E-state index contributed by atoms with van der Waals surface area (Å²) in [5, 5.41) is 1.39. The Morgan fingerprint density at radius 2 is 1.82 bits per heavy atom. The predicted octanol–water partition coefficient (Wildman–Crippen LogP) is 6.00. The fourth-order valence-corrected chi connectivity index (χ4v) is 5.16. The molecule has 0 bridgehead atoms. The highest BCUT2D eigenvalue weighted by Crippen LogP contribution is 2.31. The van der Waals surface area contributed by atoms with E-state index in [1.165, 1.54) is 22.7 Å². The number of anilines is 1. The van der Waals surface area contributed by atoms with Crippen LogP contribution in [0.3, 0.4) is 0 Å². The highest BCUT2D eigenvalue weighted by molar-refractivity contribution is 7.22. The Hall–Kier alpha value is -0.890. The predicted molar refractivity (Wildman–Crippen MR) is 125 cm³/mol. The number of aromatic nitrogens is 1. The third kappa shape index (κ3) is 5.81. The monoisotopic (exact) mass is 477 g/mol. The lowest BCUT2D eigenvalue weighted by molar-refractivity contribution is -0.118. The SMILES string of the molecule is CCN(CC)CCN(C(=O)Cc1ccc(Cl)s1)c1nc2ccc(Cl)cc2s1.Cl. The summed E-state index contributed by atoms with van der Waals surface area (Å²) < 4.78 is 1.68. The molecule has 2 heterocycles. The quantitative estimate of drug-likeness (QED) is 0.398. The number of carbonyl (C=O) groups excluding carboxylic acids is 1. The van der Waals surface area contributed by atoms with Gasteiger partial charge >= 0.3 is 0 Å². The smallest absolute Gasteiger partial charge is 0.234 e. The second-order valence-electron chi connectivity index (χ2n) is 6.06. The number of rotatable bonds is 8. The van der Waals surface area contributed by atoms with Gasteiger partial charge in [0, 0.05) is 23.0 Å². The van der Waals surface area contributed by atoms with E-state index in [1.807, 2.05) is 30.3 Å². The second-order valence-corrected chi connectivity index (χ2v) is 9.31. The van der Waals surface area contributed by atoms with Crippen LogP contribution in [0.5, 0.6) is 0 Å². The largest absolute Gasteiger partial charge is 0.302 e. The number of fused-ring (bicyclic) bond motifs is 1. The van der Waals surface area contributed by atoms with E-state index < -0.39 is 0 Å². The van der Waals surface area contributed by atoms with Gasteiger partial charge in [-0.2, -0.15) is 0 Å². The zero-order valence-corrected chi connectivity index (χ0v) is 19.6. The number of hydrogen-bond acceptors (Lipinski definition) is 5. The van der Waals surface area contributed by atoms with E-state index in [0.29, 0.717) is 27.5 Å². The Morgan fingerprint density at radius 3 is 2.46 bits per heavy atom. The lowest BCUT2D eigenvalue weighted by atomic mass is 10.3. The number of likely N-dealkylation sites (N-methyl/N-ethyl adjacent to an activating group) is 1. The Morgan fingerprint density at radius 1 is 1.07 bits per heavy atom. The van der Waals surface area contributed by atoms with E-state index in [4.69, 9.17) is 23.2 Å². The maximum atomic E-state index is 13.1. The van der Waals surface area contributed by atoms with Crippen LogP contribution >= 0.6 is 58.3 Å². The maximum absolute atomic E-state index is 13.1. The molecule has 0 saturated heterocycles. The summed E-state index contributed by atoms with van der Waals surface area (Å²) in [6.07, 6.45) is 0.326. The van der Waals surface area contributed by atoms with Gasteiger partial charge in [0.05, 0.1) is 21.0 Å². The molecule has 0 saturated carbocycles. The molecule has 0 atom stereocenters. The van der Waals surface area contributed by atoms with Gasteiger partial charge in [-0.1, -0.05) is 48.4 Å². The molecule has 28 heavy (non-hydrogen) atoms. The Bertz CT molecular complexity index is 924. The van der Waals surface area contributed by atoms with Crippen molar-refractivity contribution in [1.29, 1.82) is 0 Å². The fraction of sp³-hybridized carbons (Fsp3) is 0.368. The first-order valence-corrected chi connectivity index (χ1v) is 11.2. The van der Waals surface area contributed by atoms with Gasteiger partial charge in [-0.3, -0.25) is 9.69 Å². The number of benzene rings is 1. The van der Waals surface area contributed by atoms with Crippen LogP contribution in [0.2, 0.25) is 9.36 Å². The lowest BCUT2D eigenvalue weighted by Gasteiger charge is -2.24. The van der Waals surface area contributed by atoms with E-state index in [-0.39, 0.29) is 18.3 Å². The molecule has 9 heteroatoms. The summed E-state index contributed by atoms with van der Waals surface area (Å²) >= 11 is 15.1. The van der Waals surface area contributed by atoms with Gasteiger partial charge in [-0.05, 0) is 43.4 Å². The normalized spacial score (nSPS) is 11.0. The molecule has 0 unspecified atom stereocenters. The zero-order chi connectivity index (χ0) is 19.4.